The van der Waals surface area contributed by atoms with Crippen molar-refractivity contribution in [3.05, 3.63) is 0 Å². The molecule has 6 nitrogen and oxygen atoms in total. The first-order valence-electron chi connectivity index (χ1n) is 3.44. The van der Waals surface area contributed by atoms with E-state index in [1.165, 1.54) is 0 Å². The first-order valence-corrected chi connectivity index (χ1v) is 3.44. The molecule has 6 heteroatoms. The molecule has 1 amide bonds. The highest BCUT2D eigenvalue weighted by Crippen LogP contribution is 1.86. The Bertz CT molecular complexity index is 109. The fraction of sp³-hybridized carbons (Fsp3) is 0.800. The van der Waals surface area contributed by atoms with Gasteiger partial charge in [0.25, 0.3) is 0 Å². The molecule has 0 radical (unpaired) electrons. The molecular weight excluding hydrogens is 148 g/mol. The molecule has 0 aromatic carbocycles. The Hall–Kier alpha value is -0.850. The van der Waals surface area contributed by atoms with Crippen LogP contribution in [0.5, 0.6) is 0 Å². The summed E-state index contributed by atoms with van der Waals surface area (Å²) >= 11 is 0. The predicted octanol–water partition coefficient (Wildman–Crippen LogP) is -0.604. The summed E-state index contributed by atoms with van der Waals surface area (Å²) in [5.74, 6) is 4.80. The highest BCUT2D eigenvalue weighted by Gasteiger charge is 1.97. The van der Waals surface area contributed by atoms with E-state index in [2.05, 4.69) is 15.7 Å². The SMILES string of the molecule is CCCCOC(=O)NNNN. The van der Waals surface area contributed by atoms with Crippen LogP contribution < -0.4 is 22.3 Å². The number of amides is 1. The largest absolute Gasteiger partial charge is 0.449 e. The highest BCUT2D eigenvalue weighted by molar-refractivity contribution is 5.66. The Morgan fingerprint density at radius 2 is 2.36 bits per heavy atom. The average molecular weight is 162 g/mol. The van der Waals surface area contributed by atoms with Gasteiger partial charge in [-0.25, -0.2) is 10.2 Å². The summed E-state index contributed by atoms with van der Waals surface area (Å²) in [6.45, 7) is 2.44. The maximum atomic E-state index is 10.6. The molecule has 11 heavy (non-hydrogen) atoms. The number of hydrazine groups is 3. The van der Waals surface area contributed by atoms with Crippen LogP contribution in [0, 0.1) is 0 Å². The standard InChI is InChI=1S/C5H14N4O2/c1-2-3-4-11-5(10)7-9-8-6/h8-9H,2-4,6H2,1H3,(H,7,10). The fourth-order valence-electron chi connectivity index (χ4n) is 0.432. The first-order chi connectivity index (χ1) is 5.31. The van der Waals surface area contributed by atoms with Crippen molar-refractivity contribution in [2.75, 3.05) is 6.61 Å². The number of ether oxygens (including phenoxy) is 1. The van der Waals surface area contributed by atoms with Crippen LogP contribution in [0.4, 0.5) is 4.79 Å². The van der Waals surface area contributed by atoms with Gasteiger partial charge in [-0.3, -0.25) is 5.84 Å². The van der Waals surface area contributed by atoms with Crippen molar-refractivity contribution >= 4 is 6.09 Å². The van der Waals surface area contributed by atoms with Crippen LogP contribution in [0.3, 0.4) is 0 Å². The lowest BCUT2D eigenvalue weighted by atomic mass is 10.4. The number of carbonyl (C=O) groups excluding carboxylic acids is 1. The van der Waals surface area contributed by atoms with Crippen molar-refractivity contribution in [1.29, 1.82) is 0 Å². The molecule has 0 aliphatic heterocycles. The van der Waals surface area contributed by atoms with E-state index in [4.69, 9.17) is 5.84 Å². The zero-order valence-corrected chi connectivity index (χ0v) is 6.52. The van der Waals surface area contributed by atoms with Gasteiger partial charge in [-0.15, -0.1) is 0 Å². The van der Waals surface area contributed by atoms with Gasteiger partial charge in [-0.2, -0.15) is 11.1 Å². The van der Waals surface area contributed by atoms with E-state index in [0.29, 0.717) is 6.61 Å². The Morgan fingerprint density at radius 1 is 1.64 bits per heavy atom. The second kappa shape index (κ2) is 7.26. The van der Waals surface area contributed by atoms with Gasteiger partial charge in [-0.1, -0.05) is 13.3 Å². The molecule has 0 rings (SSSR count). The van der Waals surface area contributed by atoms with Crippen LogP contribution in [-0.4, -0.2) is 12.7 Å². The van der Waals surface area contributed by atoms with E-state index >= 15 is 0 Å². The third kappa shape index (κ3) is 7.04. The van der Waals surface area contributed by atoms with E-state index in [0.717, 1.165) is 12.8 Å². The van der Waals surface area contributed by atoms with Gasteiger partial charge >= 0.3 is 6.09 Å². The summed E-state index contributed by atoms with van der Waals surface area (Å²) in [5, 5.41) is 0. The first kappa shape index (κ1) is 10.2. The van der Waals surface area contributed by atoms with Gasteiger partial charge in [0.05, 0.1) is 6.61 Å². The Balaban J connectivity index is 3.09. The number of hydrogen-bond donors (Lipinski definition) is 4. The molecule has 66 valence electrons. The van der Waals surface area contributed by atoms with Crippen LogP contribution in [0.25, 0.3) is 0 Å². The lowest BCUT2D eigenvalue weighted by Crippen LogP contribution is -2.50. The summed E-state index contributed by atoms with van der Waals surface area (Å²) < 4.78 is 4.68. The molecule has 0 spiro atoms. The van der Waals surface area contributed by atoms with Gasteiger partial charge in [0.2, 0.25) is 0 Å². The van der Waals surface area contributed by atoms with Crippen LogP contribution in [-0.2, 0) is 4.74 Å². The maximum absolute atomic E-state index is 10.6. The number of carbonyl (C=O) groups is 1. The van der Waals surface area contributed by atoms with Crippen molar-refractivity contribution < 1.29 is 9.53 Å². The number of nitrogens with two attached hydrogens (primary N) is 1. The lowest BCUT2D eigenvalue weighted by Gasteiger charge is -2.05. The normalized spacial score (nSPS) is 9.27. The van der Waals surface area contributed by atoms with Crippen LogP contribution >= 0.6 is 0 Å². The van der Waals surface area contributed by atoms with Crippen molar-refractivity contribution in [1.82, 2.24) is 16.5 Å². The van der Waals surface area contributed by atoms with Gasteiger partial charge in [0.15, 0.2) is 0 Å². The molecule has 0 atom stereocenters. The molecule has 0 aromatic heterocycles. The topological polar surface area (TPSA) is 88.4 Å². The molecular formula is C5H14N4O2. The molecule has 0 saturated carbocycles. The molecule has 0 aliphatic rings. The van der Waals surface area contributed by atoms with Crippen LogP contribution in [0.2, 0.25) is 0 Å². The van der Waals surface area contributed by atoms with Gasteiger partial charge in [0.1, 0.15) is 0 Å². The zero-order chi connectivity index (χ0) is 8.53. The Labute approximate surface area is 65.4 Å². The summed E-state index contributed by atoms with van der Waals surface area (Å²) in [6.07, 6.45) is 1.32. The van der Waals surface area contributed by atoms with Crippen molar-refractivity contribution in [2.24, 2.45) is 5.84 Å². The summed E-state index contributed by atoms with van der Waals surface area (Å²) in [6, 6.07) is 0. The number of hydrogen-bond acceptors (Lipinski definition) is 5. The van der Waals surface area contributed by atoms with Crippen molar-refractivity contribution in [2.45, 2.75) is 19.8 Å². The molecule has 0 aliphatic carbocycles. The van der Waals surface area contributed by atoms with E-state index in [1.807, 2.05) is 12.5 Å². The van der Waals surface area contributed by atoms with Gasteiger partial charge in [0, 0.05) is 0 Å². The minimum Gasteiger partial charge on any atom is -0.449 e. The fourth-order valence-corrected chi connectivity index (χ4v) is 0.432. The van der Waals surface area contributed by atoms with Crippen LogP contribution in [0.15, 0.2) is 0 Å². The monoisotopic (exact) mass is 162 g/mol. The minimum atomic E-state index is -0.545. The molecule has 0 saturated heterocycles. The molecule has 0 aromatic rings. The quantitative estimate of drug-likeness (QED) is 0.246. The Kier molecular flexibility index (Phi) is 6.70. The van der Waals surface area contributed by atoms with Crippen molar-refractivity contribution in [3.8, 4) is 0 Å². The number of rotatable bonds is 5. The molecule has 0 bridgehead atoms. The van der Waals surface area contributed by atoms with Crippen LogP contribution in [0.1, 0.15) is 19.8 Å². The summed E-state index contributed by atoms with van der Waals surface area (Å²) in [5.41, 5.74) is 6.35. The minimum absolute atomic E-state index is 0.425. The second-order valence-electron chi connectivity index (χ2n) is 1.88. The number of nitrogens with one attached hydrogen (secondary N) is 3. The molecule has 0 fully saturated rings. The van der Waals surface area contributed by atoms with Gasteiger partial charge in [-0.05, 0) is 6.42 Å². The van der Waals surface area contributed by atoms with E-state index in [1.54, 1.807) is 0 Å². The third-order valence-electron chi connectivity index (χ3n) is 0.968. The third-order valence-corrected chi connectivity index (χ3v) is 0.968. The average Bonchev–Trinajstić information content (AvgIpc) is 2.01. The molecule has 0 heterocycles. The highest BCUT2D eigenvalue weighted by atomic mass is 16.6. The maximum Gasteiger partial charge on any atom is 0.422 e. The molecule has 5 N–H and O–H groups in total. The van der Waals surface area contributed by atoms with E-state index in [9.17, 15) is 4.79 Å². The zero-order valence-electron chi connectivity index (χ0n) is 6.52. The van der Waals surface area contributed by atoms with E-state index < -0.39 is 6.09 Å². The number of unbranched alkanes of at least 4 members (excludes halogenated alkanes) is 1. The van der Waals surface area contributed by atoms with Crippen molar-refractivity contribution in [3.63, 3.8) is 0 Å². The van der Waals surface area contributed by atoms with Gasteiger partial charge < -0.3 is 4.74 Å². The predicted molar refractivity (Wildman–Crippen MR) is 39.9 cm³/mol. The summed E-state index contributed by atoms with van der Waals surface area (Å²) in [7, 11) is 0. The smallest absolute Gasteiger partial charge is 0.422 e. The second-order valence-corrected chi connectivity index (χ2v) is 1.88. The Morgan fingerprint density at radius 3 is 2.91 bits per heavy atom. The van der Waals surface area contributed by atoms with E-state index in [-0.39, 0.29) is 0 Å². The summed E-state index contributed by atoms with van der Waals surface area (Å²) in [4.78, 5) is 10.6. The lowest BCUT2D eigenvalue weighted by molar-refractivity contribution is 0.137. The molecule has 0 unspecified atom stereocenters.